The molecular weight excluding hydrogens is 283 g/mol. The Morgan fingerprint density at radius 3 is 2.37 bits per heavy atom. The minimum atomic E-state index is -4.94. The Kier molecular flexibility index (Phi) is 9.65. The average Bonchev–Trinajstić information content (AvgIpc) is 2.29. The molecule has 0 radical (unpaired) electrons. The van der Waals surface area contributed by atoms with Gasteiger partial charge in [-0.05, 0) is 25.5 Å². The number of halogens is 3. The first kappa shape index (κ1) is 19.5. The topological polar surface area (TPSA) is 18.5 Å². The molecule has 1 rings (SSSR count). The third kappa shape index (κ3) is 7.15. The largest absolute Gasteiger partial charge is 1.00 e. The standard InChI is InChI=1S/C12H17BF3O2.K/c1-3-17-7-4-8-18-12-6-5-11(9-10(12)2)13(14,15)16;/h5-6,9H,3-4,7-8H2,1-2H3;/q-1;+1. The number of aryl methyl sites for hydroxylation is 1. The quantitative estimate of drug-likeness (QED) is 0.515. The van der Waals surface area contributed by atoms with Gasteiger partial charge in [0.15, 0.2) is 0 Å². The van der Waals surface area contributed by atoms with E-state index in [1.165, 1.54) is 6.07 Å². The van der Waals surface area contributed by atoms with E-state index in [-0.39, 0.29) is 51.4 Å². The van der Waals surface area contributed by atoms with Gasteiger partial charge in [0.25, 0.3) is 0 Å². The first-order chi connectivity index (χ1) is 8.45. The van der Waals surface area contributed by atoms with Gasteiger partial charge in [0.2, 0.25) is 0 Å². The van der Waals surface area contributed by atoms with Gasteiger partial charge >= 0.3 is 58.4 Å². The molecule has 0 fully saturated rings. The van der Waals surface area contributed by atoms with E-state index in [2.05, 4.69) is 0 Å². The van der Waals surface area contributed by atoms with Crippen LogP contribution in [0.2, 0.25) is 0 Å². The van der Waals surface area contributed by atoms with E-state index in [0.717, 1.165) is 18.6 Å². The number of ether oxygens (including phenoxy) is 2. The van der Waals surface area contributed by atoms with Crippen molar-refractivity contribution in [2.75, 3.05) is 19.8 Å². The van der Waals surface area contributed by atoms with Crippen molar-refractivity contribution in [1.29, 1.82) is 0 Å². The predicted molar refractivity (Wildman–Crippen MR) is 66.5 cm³/mol. The molecule has 0 N–H and O–H groups in total. The minimum absolute atomic E-state index is 0. The van der Waals surface area contributed by atoms with Crippen LogP contribution < -0.4 is 61.6 Å². The molecule has 102 valence electrons. The Balaban J connectivity index is 0.00000324. The molecule has 1 aromatic carbocycles. The normalized spacial score (nSPS) is 11.0. The molecule has 0 aliphatic heterocycles. The monoisotopic (exact) mass is 300 g/mol. The molecular formula is C12H17BF3KO2. The number of hydrogen-bond donors (Lipinski definition) is 0. The zero-order valence-corrected chi connectivity index (χ0v) is 14.7. The Morgan fingerprint density at radius 2 is 1.84 bits per heavy atom. The first-order valence-corrected chi connectivity index (χ1v) is 5.96. The van der Waals surface area contributed by atoms with Crippen molar-refractivity contribution in [3.63, 3.8) is 0 Å². The summed E-state index contributed by atoms with van der Waals surface area (Å²) in [5, 5.41) is 0. The Labute approximate surface area is 154 Å². The fourth-order valence-corrected chi connectivity index (χ4v) is 1.53. The molecule has 0 saturated carbocycles. The Bertz CT molecular complexity index is 386. The average molecular weight is 300 g/mol. The molecule has 7 heteroatoms. The van der Waals surface area contributed by atoms with Crippen molar-refractivity contribution in [2.24, 2.45) is 0 Å². The maximum atomic E-state index is 12.5. The molecule has 0 aliphatic rings. The van der Waals surface area contributed by atoms with Crippen molar-refractivity contribution >= 4 is 12.4 Å². The second-order valence-corrected chi connectivity index (χ2v) is 4.00. The van der Waals surface area contributed by atoms with Crippen molar-refractivity contribution in [3.05, 3.63) is 23.8 Å². The van der Waals surface area contributed by atoms with E-state index in [1.807, 2.05) is 6.92 Å². The first-order valence-electron chi connectivity index (χ1n) is 5.96. The van der Waals surface area contributed by atoms with E-state index in [0.29, 0.717) is 31.1 Å². The van der Waals surface area contributed by atoms with E-state index < -0.39 is 12.4 Å². The maximum Gasteiger partial charge on any atom is 1.00 e. The third-order valence-electron chi connectivity index (χ3n) is 2.47. The second-order valence-electron chi connectivity index (χ2n) is 4.00. The zero-order chi connectivity index (χ0) is 13.6. The van der Waals surface area contributed by atoms with Gasteiger partial charge in [0.1, 0.15) is 5.75 Å². The molecule has 0 saturated heterocycles. The van der Waals surface area contributed by atoms with E-state index in [9.17, 15) is 12.9 Å². The second kappa shape index (κ2) is 9.42. The van der Waals surface area contributed by atoms with E-state index in [1.54, 1.807) is 6.92 Å². The van der Waals surface area contributed by atoms with Crippen LogP contribution in [0.3, 0.4) is 0 Å². The van der Waals surface area contributed by atoms with E-state index >= 15 is 0 Å². The predicted octanol–water partition coefficient (Wildman–Crippen LogP) is -0.141. The molecule has 0 bridgehead atoms. The van der Waals surface area contributed by atoms with Gasteiger partial charge in [0.05, 0.1) is 6.61 Å². The van der Waals surface area contributed by atoms with E-state index in [4.69, 9.17) is 9.47 Å². The number of benzene rings is 1. The molecule has 0 amide bonds. The van der Waals surface area contributed by atoms with Gasteiger partial charge in [-0.25, -0.2) is 0 Å². The molecule has 0 heterocycles. The van der Waals surface area contributed by atoms with Crippen LogP contribution in [-0.2, 0) is 4.74 Å². The van der Waals surface area contributed by atoms with Gasteiger partial charge < -0.3 is 22.4 Å². The van der Waals surface area contributed by atoms with Crippen molar-refractivity contribution in [2.45, 2.75) is 20.3 Å². The fraction of sp³-hybridized carbons (Fsp3) is 0.500. The smallest absolute Gasteiger partial charge is 0.493 e. The van der Waals surface area contributed by atoms with Gasteiger partial charge in [-0.15, -0.1) is 5.46 Å². The fourth-order valence-electron chi connectivity index (χ4n) is 1.53. The molecule has 0 aliphatic carbocycles. The van der Waals surface area contributed by atoms with Gasteiger partial charge in [-0.2, -0.15) is 0 Å². The van der Waals surface area contributed by atoms with Crippen LogP contribution in [0.15, 0.2) is 18.2 Å². The zero-order valence-electron chi connectivity index (χ0n) is 11.6. The molecule has 0 spiro atoms. The molecule has 2 nitrogen and oxygen atoms in total. The van der Waals surface area contributed by atoms with Gasteiger partial charge in [-0.1, -0.05) is 12.1 Å². The molecule has 0 unspecified atom stereocenters. The van der Waals surface area contributed by atoms with Crippen LogP contribution >= 0.6 is 0 Å². The van der Waals surface area contributed by atoms with Crippen LogP contribution in [0.25, 0.3) is 0 Å². The van der Waals surface area contributed by atoms with Gasteiger partial charge in [0, 0.05) is 19.6 Å². The molecule has 0 atom stereocenters. The SMILES string of the molecule is CCOCCCOc1ccc([B-](F)(F)F)cc1C.[K+]. The van der Waals surface area contributed by atoms with Crippen molar-refractivity contribution < 1.29 is 73.8 Å². The molecule has 1 aromatic rings. The van der Waals surface area contributed by atoms with Gasteiger partial charge in [-0.3, -0.25) is 0 Å². The van der Waals surface area contributed by atoms with Crippen LogP contribution in [0.1, 0.15) is 18.9 Å². The Morgan fingerprint density at radius 1 is 1.16 bits per heavy atom. The van der Waals surface area contributed by atoms with Crippen LogP contribution in [0.5, 0.6) is 5.75 Å². The van der Waals surface area contributed by atoms with Crippen molar-refractivity contribution in [3.8, 4) is 5.75 Å². The number of hydrogen-bond acceptors (Lipinski definition) is 2. The van der Waals surface area contributed by atoms with Crippen LogP contribution in [-0.4, -0.2) is 26.8 Å². The summed E-state index contributed by atoms with van der Waals surface area (Å²) in [6.07, 6.45) is 0.720. The molecule has 0 aromatic heterocycles. The van der Waals surface area contributed by atoms with Crippen LogP contribution in [0, 0.1) is 6.92 Å². The summed E-state index contributed by atoms with van der Waals surface area (Å²) in [6.45, 7) is 0.273. The summed E-state index contributed by atoms with van der Waals surface area (Å²) < 4.78 is 48.0. The summed E-state index contributed by atoms with van der Waals surface area (Å²) >= 11 is 0. The summed E-state index contributed by atoms with van der Waals surface area (Å²) in [5.74, 6) is 0.496. The molecule has 19 heavy (non-hydrogen) atoms. The maximum absolute atomic E-state index is 12.5. The van der Waals surface area contributed by atoms with Crippen molar-refractivity contribution in [1.82, 2.24) is 0 Å². The summed E-state index contributed by atoms with van der Waals surface area (Å²) in [6, 6.07) is 3.56. The third-order valence-corrected chi connectivity index (χ3v) is 2.47. The summed E-state index contributed by atoms with van der Waals surface area (Å²) in [5.41, 5.74) is -0.0859. The summed E-state index contributed by atoms with van der Waals surface area (Å²) in [4.78, 5) is 0. The Hall–Kier alpha value is 0.471. The minimum Gasteiger partial charge on any atom is -0.493 e. The summed E-state index contributed by atoms with van der Waals surface area (Å²) in [7, 11) is 0. The number of rotatable bonds is 7. The van der Waals surface area contributed by atoms with Crippen LogP contribution in [0.4, 0.5) is 12.9 Å².